The molecule has 2 rings (SSSR count). The molecular formula is C14H23N3O. The lowest BCUT2D eigenvalue weighted by Gasteiger charge is -2.31. The van der Waals surface area contributed by atoms with Crippen molar-refractivity contribution in [3.8, 4) is 0 Å². The lowest BCUT2D eigenvalue weighted by atomic mass is 9.98. The number of piperidine rings is 1. The molecule has 18 heavy (non-hydrogen) atoms. The van der Waals surface area contributed by atoms with Crippen molar-refractivity contribution < 1.29 is 4.74 Å². The smallest absolute Gasteiger partial charge is 0.126 e. The van der Waals surface area contributed by atoms with E-state index in [1.54, 1.807) is 7.11 Å². The first-order chi connectivity index (χ1) is 8.81. The average Bonchev–Trinajstić information content (AvgIpc) is 2.42. The maximum atomic E-state index is 5.23. The van der Waals surface area contributed by atoms with Gasteiger partial charge in [-0.15, -0.1) is 0 Å². The Morgan fingerprint density at radius 2 is 2.17 bits per heavy atom. The van der Waals surface area contributed by atoms with Gasteiger partial charge in [-0.05, 0) is 44.0 Å². The van der Waals surface area contributed by atoms with Gasteiger partial charge in [-0.2, -0.15) is 0 Å². The molecule has 0 unspecified atom stereocenters. The number of nitrogens with one attached hydrogen (secondary N) is 1. The van der Waals surface area contributed by atoms with E-state index >= 15 is 0 Å². The molecule has 1 aliphatic heterocycles. The molecule has 2 heterocycles. The summed E-state index contributed by atoms with van der Waals surface area (Å²) in [6.07, 6.45) is 2.47. The number of rotatable bonds is 5. The van der Waals surface area contributed by atoms with Crippen molar-refractivity contribution in [2.45, 2.75) is 19.4 Å². The third-order valence-electron chi connectivity index (χ3n) is 3.56. The van der Waals surface area contributed by atoms with Crippen LogP contribution in [0.5, 0.6) is 0 Å². The molecule has 4 nitrogen and oxygen atoms in total. The molecule has 0 spiro atoms. The minimum atomic E-state index is 0.739. The summed E-state index contributed by atoms with van der Waals surface area (Å²) in [6, 6.07) is 6.16. The van der Waals surface area contributed by atoms with Gasteiger partial charge in [0.25, 0.3) is 0 Å². The van der Waals surface area contributed by atoms with Crippen LogP contribution in [0.25, 0.3) is 0 Å². The molecule has 1 saturated heterocycles. The van der Waals surface area contributed by atoms with Crippen molar-refractivity contribution in [1.29, 1.82) is 0 Å². The van der Waals surface area contributed by atoms with Gasteiger partial charge >= 0.3 is 0 Å². The van der Waals surface area contributed by atoms with Crippen LogP contribution in [0.3, 0.4) is 0 Å². The molecule has 0 saturated carbocycles. The van der Waals surface area contributed by atoms with Crippen molar-refractivity contribution in [2.24, 2.45) is 5.92 Å². The van der Waals surface area contributed by atoms with Crippen LogP contribution in [0, 0.1) is 5.92 Å². The normalized spacial score (nSPS) is 17.9. The van der Waals surface area contributed by atoms with E-state index in [2.05, 4.69) is 27.3 Å². The first kappa shape index (κ1) is 13.3. The Balaban J connectivity index is 1.83. The Morgan fingerprint density at radius 1 is 1.39 bits per heavy atom. The van der Waals surface area contributed by atoms with E-state index < -0.39 is 0 Å². The summed E-state index contributed by atoms with van der Waals surface area (Å²) in [6.45, 7) is 4.16. The molecule has 1 aromatic rings. The largest absolute Gasteiger partial charge is 0.384 e. The summed E-state index contributed by atoms with van der Waals surface area (Å²) in [4.78, 5) is 7.04. The Hall–Kier alpha value is -1.13. The maximum absolute atomic E-state index is 5.23. The maximum Gasteiger partial charge on any atom is 0.126 e. The van der Waals surface area contributed by atoms with Crippen LogP contribution in [0.1, 0.15) is 18.5 Å². The van der Waals surface area contributed by atoms with Gasteiger partial charge in [0.15, 0.2) is 0 Å². The fourth-order valence-corrected chi connectivity index (χ4v) is 2.48. The van der Waals surface area contributed by atoms with Gasteiger partial charge < -0.3 is 10.1 Å². The van der Waals surface area contributed by atoms with Crippen LogP contribution < -0.4 is 5.32 Å². The van der Waals surface area contributed by atoms with Crippen LogP contribution in [0.4, 0.5) is 5.82 Å². The van der Waals surface area contributed by atoms with Gasteiger partial charge in [-0.25, -0.2) is 4.98 Å². The number of anilines is 1. The minimum absolute atomic E-state index is 0.739. The highest BCUT2D eigenvalue weighted by molar-refractivity contribution is 5.34. The van der Waals surface area contributed by atoms with Gasteiger partial charge in [0.2, 0.25) is 0 Å². The molecule has 0 bridgehead atoms. The van der Waals surface area contributed by atoms with E-state index in [1.165, 1.54) is 12.8 Å². The number of nitrogens with zero attached hydrogens (tertiary/aromatic N) is 2. The second-order valence-electron chi connectivity index (χ2n) is 4.94. The quantitative estimate of drug-likeness (QED) is 0.866. The molecule has 4 heteroatoms. The molecule has 1 aromatic heterocycles. The predicted molar refractivity (Wildman–Crippen MR) is 73.7 cm³/mol. The SMILES string of the molecule is CNc1cccc(CN2CCC(COC)CC2)n1. The summed E-state index contributed by atoms with van der Waals surface area (Å²) in [5.41, 5.74) is 1.15. The Labute approximate surface area is 109 Å². The number of likely N-dealkylation sites (tertiary alicyclic amines) is 1. The first-order valence-corrected chi connectivity index (χ1v) is 6.67. The number of hydrogen-bond donors (Lipinski definition) is 1. The zero-order valence-corrected chi connectivity index (χ0v) is 11.4. The van der Waals surface area contributed by atoms with Crippen LogP contribution >= 0.6 is 0 Å². The topological polar surface area (TPSA) is 37.4 Å². The molecular weight excluding hydrogens is 226 g/mol. The molecule has 0 amide bonds. The number of methoxy groups -OCH3 is 1. The zero-order chi connectivity index (χ0) is 12.8. The van der Waals surface area contributed by atoms with E-state index in [1.807, 2.05) is 13.1 Å². The molecule has 100 valence electrons. The lowest BCUT2D eigenvalue weighted by Crippen LogP contribution is -2.34. The summed E-state index contributed by atoms with van der Waals surface area (Å²) >= 11 is 0. The molecule has 0 aliphatic carbocycles. The molecule has 1 fully saturated rings. The third kappa shape index (κ3) is 3.68. The highest BCUT2D eigenvalue weighted by atomic mass is 16.5. The summed E-state index contributed by atoms with van der Waals surface area (Å²) in [5, 5.41) is 3.08. The van der Waals surface area contributed by atoms with Crippen molar-refractivity contribution in [3.63, 3.8) is 0 Å². The predicted octanol–water partition coefficient (Wildman–Crippen LogP) is 1.98. The summed E-state index contributed by atoms with van der Waals surface area (Å²) in [5.74, 6) is 1.68. The third-order valence-corrected chi connectivity index (χ3v) is 3.56. The number of hydrogen-bond acceptors (Lipinski definition) is 4. The molecule has 1 aliphatic rings. The number of ether oxygens (including phenoxy) is 1. The van der Waals surface area contributed by atoms with Crippen LogP contribution in [0.2, 0.25) is 0 Å². The summed E-state index contributed by atoms with van der Waals surface area (Å²) < 4.78 is 5.23. The molecule has 0 aromatic carbocycles. The van der Waals surface area contributed by atoms with Gasteiger partial charge in [-0.3, -0.25) is 4.90 Å². The van der Waals surface area contributed by atoms with Gasteiger partial charge in [0.1, 0.15) is 5.82 Å². The highest BCUT2D eigenvalue weighted by Gasteiger charge is 2.19. The monoisotopic (exact) mass is 249 g/mol. The average molecular weight is 249 g/mol. The fourth-order valence-electron chi connectivity index (χ4n) is 2.48. The van der Waals surface area contributed by atoms with Gasteiger partial charge in [-0.1, -0.05) is 6.07 Å². The fraction of sp³-hybridized carbons (Fsp3) is 0.643. The van der Waals surface area contributed by atoms with E-state index in [4.69, 9.17) is 4.74 Å². The van der Waals surface area contributed by atoms with Crippen LogP contribution in [-0.2, 0) is 11.3 Å². The van der Waals surface area contributed by atoms with E-state index in [9.17, 15) is 0 Å². The Kier molecular flexibility index (Phi) is 4.96. The van der Waals surface area contributed by atoms with Crippen LogP contribution in [-0.4, -0.2) is 43.7 Å². The molecule has 0 atom stereocenters. The van der Waals surface area contributed by atoms with Crippen molar-refractivity contribution in [2.75, 3.05) is 39.2 Å². The standard InChI is InChI=1S/C14H23N3O/c1-15-14-5-3-4-13(16-14)10-17-8-6-12(7-9-17)11-18-2/h3-5,12H,6-11H2,1-2H3,(H,15,16). The second-order valence-corrected chi connectivity index (χ2v) is 4.94. The van der Waals surface area contributed by atoms with Crippen molar-refractivity contribution in [1.82, 2.24) is 9.88 Å². The highest BCUT2D eigenvalue weighted by Crippen LogP contribution is 2.19. The van der Waals surface area contributed by atoms with Gasteiger partial charge in [0.05, 0.1) is 5.69 Å². The Morgan fingerprint density at radius 3 is 2.83 bits per heavy atom. The lowest BCUT2D eigenvalue weighted by molar-refractivity contribution is 0.0963. The molecule has 1 N–H and O–H groups in total. The zero-order valence-electron chi connectivity index (χ0n) is 11.4. The van der Waals surface area contributed by atoms with E-state index in [0.29, 0.717) is 0 Å². The van der Waals surface area contributed by atoms with E-state index in [-0.39, 0.29) is 0 Å². The number of aromatic nitrogens is 1. The number of pyridine rings is 1. The Bertz CT molecular complexity index is 362. The summed E-state index contributed by atoms with van der Waals surface area (Å²) in [7, 11) is 3.70. The van der Waals surface area contributed by atoms with Crippen molar-refractivity contribution in [3.05, 3.63) is 23.9 Å². The minimum Gasteiger partial charge on any atom is -0.384 e. The van der Waals surface area contributed by atoms with Gasteiger partial charge in [0, 0.05) is 27.3 Å². The second kappa shape index (κ2) is 6.71. The van der Waals surface area contributed by atoms with Crippen LogP contribution in [0.15, 0.2) is 18.2 Å². The molecule has 0 radical (unpaired) electrons. The van der Waals surface area contributed by atoms with E-state index in [0.717, 1.165) is 43.7 Å². The van der Waals surface area contributed by atoms with Crippen molar-refractivity contribution >= 4 is 5.82 Å². The first-order valence-electron chi connectivity index (χ1n) is 6.67.